The van der Waals surface area contributed by atoms with Gasteiger partial charge in [-0.2, -0.15) is 0 Å². The first-order valence-electron chi connectivity index (χ1n) is 13.5. The van der Waals surface area contributed by atoms with Crippen molar-refractivity contribution in [1.82, 2.24) is 4.57 Å². The molecule has 0 spiro atoms. The molecule has 1 aliphatic heterocycles. The number of ether oxygens (including phenoxy) is 2. The van der Waals surface area contributed by atoms with E-state index in [0.717, 1.165) is 10.8 Å². The summed E-state index contributed by atoms with van der Waals surface area (Å²) in [6, 6.07) is 20.2. The molecule has 0 aliphatic carbocycles. The minimum atomic E-state index is -1.29. The lowest BCUT2D eigenvalue weighted by Gasteiger charge is -2.27. The van der Waals surface area contributed by atoms with Crippen LogP contribution in [0.2, 0.25) is 0 Å². The Morgan fingerprint density at radius 1 is 1.09 bits per heavy atom. The van der Waals surface area contributed by atoms with Gasteiger partial charge in [0.1, 0.15) is 23.3 Å². The van der Waals surface area contributed by atoms with Crippen LogP contribution in [0.15, 0.2) is 98.3 Å². The van der Waals surface area contributed by atoms with E-state index in [1.54, 1.807) is 51.3 Å². The lowest BCUT2D eigenvalue weighted by atomic mass is 9.90. The number of hydrogen-bond acceptors (Lipinski definition) is 9. The highest BCUT2D eigenvalue weighted by Gasteiger charge is 2.36. The van der Waals surface area contributed by atoms with E-state index in [-0.39, 0.29) is 23.3 Å². The number of carbonyl (C=O) groups is 2. The molecule has 216 valence electrons. The van der Waals surface area contributed by atoms with E-state index in [2.05, 4.69) is 4.99 Å². The summed E-state index contributed by atoms with van der Waals surface area (Å²) in [6.45, 7) is 3.61. The minimum Gasteiger partial charge on any atom is -0.545 e. The van der Waals surface area contributed by atoms with E-state index in [1.165, 1.54) is 28.0 Å². The average molecular weight is 594 g/mol. The molecule has 10 heteroatoms. The topological polar surface area (TPSA) is 123 Å². The number of nitrogens with zero attached hydrogens (tertiary/aromatic N) is 2. The summed E-state index contributed by atoms with van der Waals surface area (Å²) in [6.07, 6.45) is 1.61. The molecule has 0 N–H and O–H groups in total. The third-order valence-electron chi connectivity index (χ3n) is 7.22. The molecular weight excluding hydrogens is 568 g/mol. The van der Waals surface area contributed by atoms with Crippen LogP contribution in [-0.4, -0.2) is 30.2 Å². The first kappa shape index (κ1) is 27.9. The smallest absolute Gasteiger partial charge is 0.338 e. The number of furan rings is 1. The number of hydrogen-bond donors (Lipinski definition) is 0. The molecular formula is C33H25N2O7S-. The van der Waals surface area contributed by atoms with E-state index in [0.29, 0.717) is 43.4 Å². The Hall–Kier alpha value is -5.22. The average Bonchev–Trinajstić information content (AvgIpc) is 3.60. The Labute approximate surface area is 249 Å². The number of fused-ring (bicyclic) bond motifs is 2. The Morgan fingerprint density at radius 3 is 2.67 bits per heavy atom. The van der Waals surface area contributed by atoms with Crippen LogP contribution in [0.3, 0.4) is 0 Å². The zero-order valence-electron chi connectivity index (χ0n) is 23.5. The predicted octanol–water partition coefficient (Wildman–Crippen LogP) is 3.58. The molecule has 3 aromatic carbocycles. The van der Waals surface area contributed by atoms with Crippen LogP contribution < -0.4 is 24.7 Å². The van der Waals surface area contributed by atoms with E-state index in [9.17, 15) is 19.5 Å². The number of allylic oxidation sites excluding steroid dienone is 1. The van der Waals surface area contributed by atoms with Crippen molar-refractivity contribution in [3.63, 3.8) is 0 Å². The third-order valence-corrected chi connectivity index (χ3v) is 8.21. The molecule has 0 saturated carbocycles. The maximum atomic E-state index is 14.1. The van der Waals surface area contributed by atoms with Gasteiger partial charge in [0.15, 0.2) is 4.80 Å². The summed E-state index contributed by atoms with van der Waals surface area (Å²) < 4.78 is 19.0. The number of aromatic carboxylic acids is 1. The molecule has 0 amide bonds. The summed E-state index contributed by atoms with van der Waals surface area (Å²) in [5, 5.41) is 13.0. The van der Waals surface area contributed by atoms with Crippen molar-refractivity contribution >= 4 is 40.1 Å². The molecule has 5 aromatic rings. The highest BCUT2D eigenvalue weighted by atomic mass is 32.1. The van der Waals surface area contributed by atoms with Crippen molar-refractivity contribution in [1.29, 1.82) is 0 Å². The van der Waals surface area contributed by atoms with Crippen molar-refractivity contribution < 1.29 is 28.6 Å². The zero-order valence-corrected chi connectivity index (χ0v) is 24.3. The van der Waals surface area contributed by atoms with Crippen molar-refractivity contribution in [2.45, 2.75) is 19.9 Å². The van der Waals surface area contributed by atoms with Crippen LogP contribution in [0.1, 0.15) is 41.6 Å². The number of thiazole rings is 1. The molecule has 2 aromatic heterocycles. The van der Waals surface area contributed by atoms with E-state index >= 15 is 0 Å². The molecule has 1 atom stereocenters. The van der Waals surface area contributed by atoms with Gasteiger partial charge in [-0.1, -0.05) is 59.9 Å². The number of methoxy groups -OCH3 is 1. The largest absolute Gasteiger partial charge is 0.545 e. The second kappa shape index (κ2) is 11.2. The van der Waals surface area contributed by atoms with Gasteiger partial charge in [-0.15, -0.1) is 0 Å². The monoisotopic (exact) mass is 593 g/mol. The molecule has 0 unspecified atom stereocenters. The van der Waals surface area contributed by atoms with Crippen LogP contribution in [0, 0.1) is 0 Å². The standard InChI is InChI=1S/C33H26N2O7S/c1-4-41-32(39)27-18(2)34-33-35(29(27)28-23-11-6-5-8-19(23)12-14-25(28)40-3)30(36)26(43-33)17-22-13-15-24(42-22)20-9-7-10-21(16-20)31(37)38/h5-17,29H,4H2,1-3H3,(H,37,38)/p-1/b26-17-/t29-/m0/s1. The Bertz CT molecular complexity index is 2130. The normalized spacial score (nSPS) is 14.9. The summed E-state index contributed by atoms with van der Waals surface area (Å²) >= 11 is 1.17. The molecule has 1 aliphatic rings. The maximum Gasteiger partial charge on any atom is 0.338 e. The SMILES string of the molecule is CCOC(=O)C1=C(C)N=c2s/c(=C\c3ccc(-c4cccc(C(=O)[O-])c4)o3)c(=O)n2[C@@H]1c1c(OC)ccc2ccccc12. The zero-order chi connectivity index (χ0) is 30.2. The van der Waals surface area contributed by atoms with Crippen molar-refractivity contribution in [2.24, 2.45) is 4.99 Å². The van der Waals surface area contributed by atoms with Crippen LogP contribution in [-0.2, 0) is 9.53 Å². The number of rotatable bonds is 7. The summed E-state index contributed by atoms with van der Waals surface area (Å²) in [4.78, 5) is 43.9. The van der Waals surface area contributed by atoms with Crippen molar-refractivity contribution in [2.75, 3.05) is 13.7 Å². The van der Waals surface area contributed by atoms with Gasteiger partial charge in [0.25, 0.3) is 5.56 Å². The van der Waals surface area contributed by atoms with E-state index < -0.39 is 18.0 Å². The fraction of sp³-hybridized carbons (Fsp3) is 0.152. The van der Waals surface area contributed by atoms with Gasteiger partial charge in [0.2, 0.25) is 0 Å². The molecule has 43 heavy (non-hydrogen) atoms. The van der Waals surface area contributed by atoms with Crippen molar-refractivity contribution in [3.05, 3.63) is 121 Å². The predicted molar refractivity (Wildman–Crippen MR) is 159 cm³/mol. The van der Waals surface area contributed by atoms with Gasteiger partial charge >= 0.3 is 5.97 Å². The van der Waals surface area contributed by atoms with Crippen LogP contribution in [0.4, 0.5) is 0 Å². The molecule has 0 fully saturated rings. The second-order valence-corrected chi connectivity index (χ2v) is 10.8. The van der Waals surface area contributed by atoms with Crippen LogP contribution in [0.25, 0.3) is 28.2 Å². The summed E-state index contributed by atoms with van der Waals surface area (Å²) in [7, 11) is 1.55. The van der Waals surface area contributed by atoms with Gasteiger partial charge in [0, 0.05) is 17.2 Å². The van der Waals surface area contributed by atoms with Gasteiger partial charge in [-0.25, -0.2) is 9.79 Å². The first-order chi connectivity index (χ1) is 20.8. The fourth-order valence-corrected chi connectivity index (χ4v) is 6.34. The third kappa shape index (κ3) is 4.95. The lowest BCUT2D eigenvalue weighted by Crippen LogP contribution is -2.40. The fourth-order valence-electron chi connectivity index (χ4n) is 5.31. The molecule has 0 bridgehead atoms. The number of benzene rings is 3. The summed E-state index contributed by atoms with van der Waals surface area (Å²) in [5.74, 6) is -0.512. The highest BCUT2D eigenvalue weighted by molar-refractivity contribution is 7.07. The number of carboxylic acid groups (broad SMARTS) is 1. The highest BCUT2D eigenvalue weighted by Crippen LogP contribution is 2.40. The lowest BCUT2D eigenvalue weighted by molar-refractivity contribution is -0.255. The maximum absolute atomic E-state index is 14.1. The van der Waals surface area contributed by atoms with Crippen molar-refractivity contribution in [3.8, 4) is 17.1 Å². The van der Waals surface area contributed by atoms with E-state index in [1.807, 2.05) is 36.4 Å². The number of carbonyl (C=O) groups excluding carboxylic acids is 2. The Kier molecular flexibility index (Phi) is 7.29. The number of carboxylic acids is 1. The van der Waals surface area contributed by atoms with Crippen LogP contribution >= 0.6 is 11.3 Å². The molecule has 3 heterocycles. The molecule has 0 radical (unpaired) electrons. The molecule has 0 saturated heterocycles. The quantitative estimate of drug-likeness (QED) is 0.264. The molecule has 9 nitrogen and oxygen atoms in total. The van der Waals surface area contributed by atoms with Gasteiger partial charge in [-0.05, 0) is 54.4 Å². The summed E-state index contributed by atoms with van der Waals surface area (Å²) in [5.41, 5.74) is 1.57. The van der Waals surface area contributed by atoms with Gasteiger partial charge in [0.05, 0.1) is 35.5 Å². The minimum absolute atomic E-state index is 0.0281. The van der Waals surface area contributed by atoms with E-state index in [4.69, 9.17) is 13.9 Å². The molecule has 6 rings (SSSR count). The Morgan fingerprint density at radius 2 is 1.91 bits per heavy atom. The van der Waals surface area contributed by atoms with Gasteiger partial charge < -0.3 is 23.8 Å². The number of aromatic nitrogens is 1. The second-order valence-electron chi connectivity index (χ2n) is 9.78. The first-order valence-corrected chi connectivity index (χ1v) is 14.3. The van der Waals surface area contributed by atoms with Gasteiger partial charge in [-0.3, -0.25) is 9.36 Å². The Balaban J connectivity index is 1.54. The number of esters is 1. The van der Waals surface area contributed by atoms with Crippen LogP contribution in [0.5, 0.6) is 5.75 Å².